The van der Waals surface area contributed by atoms with Gasteiger partial charge >= 0.3 is 0 Å². The molecule has 1 rings (SSSR count). The first-order valence-electron chi connectivity index (χ1n) is 6.16. The van der Waals surface area contributed by atoms with Crippen molar-refractivity contribution >= 4 is 10.0 Å². The van der Waals surface area contributed by atoms with Crippen molar-refractivity contribution in [3.05, 3.63) is 0 Å². The summed E-state index contributed by atoms with van der Waals surface area (Å²) in [5, 5.41) is 0. The van der Waals surface area contributed by atoms with Crippen molar-refractivity contribution in [2.75, 3.05) is 18.8 Å². The van der Waals surface area contributed by atoms with E-state index >= 15 is 0 Å². The van der Waals surface area contributed by atoms with Crippen LogP contribution in [0.15, 0.2) is 0 Å². The topological polar surface area (TPSA) is 37.4 Å². The molecule has 0 aromatic carbocycles. The molecule has 0 unspecified atom stereocenters. The van der Waals surface area contributed by atoms with Gasteiger partial charge in [-0.3, -0.25) is 0 Å². The minimum atomic E-state index is -3.18. The third kappa shape index (κ3) is 5.56. The Hall–Kier alpha value is -0.530. The van der Waals surface area contributed by atoms with Gasteiger partial charge in [0.25, 0.3) is 0 Å². The lowest BCUT2D eigenvalue weighted by Gasteiger charge is -2.23. The lowest BCUT2D eigenvalue weighted by molar-refractivity contribution is 0.383. The largest absolute Gasteiger partial charge is 0.215 e. The molecular weight excluding hydrogens is 234 g/mol. The fourth-order valence-corrected chi connectivity index (χ4v) is 3.37. The van der Waals surface area contributed by atoms with Crippen LogP contribution in [0.3, 0.4) is 0 Å². The van der Waals surface area contributed by atoms with Gasteiger partial charge in [-0.2, -0.15) is 4.31 Å². The fraction of sp³-hybridized carbons (Fsp3) is 0.846. The first-order valence-corrected chi connectivity index (χ1v) is 7.77. The Balaban J connectivity index is 2.60. The van der Waals surface area contributed by atoms with Crippen LogP contribution in [-0.4, -0.2) is 31.6 Å². The Bertz CT molecular complexity index is 383. The molecule has 1 aliphatic rings. The minimum Gasteiger partial charge on any atom is -0.212 e. The van der Waals surface area contributed by atoms with Crippen LogP contribution in [0, 0.1) is 23.7 Å². The van der Waals surface area contributed by atoms with Crippen LogP contribution in [0.2, 0.25) is 0 Å². The highest BCUT2D eigenvalue weighted by molar-refractivity contribution is 7.89. The molecule has 0 aromatic heterocycles. The third-order valence-electron chi connectivity index (χ3n) is 2.93. The molecule has 1 fully saturated rings. The lowest BCUT2D eigenvalue weighted by Crippen LogP contribution is -2.36. The van der Waals surface area contributed by atoms with Gasteiger partial charge in [0.2, 0.25) is 10.0 Å². The number of rotatable bonds is 6. The Morgan fingerprint density at radius 2 is 1.94 bits per heavy atom. The first-order chi connectivity index (χ1) is 7.74. The summed E-state index contributed by atoms with van der Waals surface area (Å²) in [4.78, 5) is 0. The molecule has 1 saturated carbocycles. The van der Waals surface area contributed by atoms with E-state index in [4.69, 9.17) is 6.42 Å². The molecular formula is C13H23NO2S. The maximum atomic E-state index is 12.2. The standard InChI is InChI=1S/C13H23NO2S/c1-5-9-14(11-12-6-7-12)17(15,16)10-8-13(2,3)4/h1,12H,6-11H2,2-4H3. The molecule has 4 heteroatoms. The summed E-state index contributed by atoms with van der Waals surface area (Å²) >= 11 is 0. The number of sulfonamides is 1. The molecule has 0 aliphatic heterocycles. The van der Waals surface area contributed by atoms with E-state index < -0.39 is 10.0 Å². The van der Waals surface area contributed by atoms with E-state index in [-0.39, 0.29) is 17.7 Å². The van der Waals surface area contributed by atoms with Crippen molar-refractivity contribution in [1.29, 1.82) is 0 Å². The van der Waals surface area contributed by atoms with Crippen LogP contribution in [0.5, 0.6) is 0 Å². The van der Waals surface area contributed by atoms with E-state index in [0.717, 1.165) is 12.8 Å². The Kier molecular flexibility index (Phi) is 4.62. The normalized spacial score (nSPS) is 17.1. The van der Waals surface area contributed by atoms with Crippen LogP contribution >= 0.6 is 0 Å². The molecule has 1 aliphatic carbocycles. The lowest BCUT2D eigenvalue weighted by atomic mass is 9.94. The zero-order valence-electron chi connectivity index (χ0n) is 11.1. The Labute approximate surface area is 106 Å². The Morgan fingerprint density at radius 1 is 1.35 bits per heavy atom. The first kappa shape index (κ1) is 14.5. The van der Waals surface area contributed by atoms with Gasteiger partial charge < -0.3 is 0 Å². The summed E-state index contributed by atoms with van der Waals surface area (Å²) in [6, 6.07) is 0. The predicted molar refractivity (Wildman–Crippen MR) is 71.0 cm³/mol. The number of nitrogens with zero attached hydrogens (tertiary/aromatic N) is 1. The second-order valence-corrected chi connectivity index (χ2v) is 8.16. The van der Waals surface area contributed by atoms with Gasteiger partial charge in [0, 0.05) is 6.54 Å². The van der Waals surface area contributed by atoms with Crippen LogP contribution < -0.4 is 0 Å². The van der Waals surface area contributed by atoms with Crippen molar-refractivity contribution < 1.29 is 8.42 Å². The van der Waals surface area contributed by atoms with Gasteiger partial charge in [0.1, 0.15) is 0 Å². The summed E-state index contributed by atoms with van der Waals surface area (Å²) in [5.41, 5.74) is 0.0362. The summed E-state index contributed by atoms with van der Waals surface area (Å²) in [6.07, 6.45) is 8.19. The highest BCUT2D eigenvalue weighted by Gasteiger charge is 2.30. The molecule has 3 nitrogen and oxygen atoms in total. The molecule has 0 atom stereocenters. The summed E-state index contributed by atoms with van der Waals surface area (Å²) < 4.78 is 25.8. The van der Waals surface area contributed by atoms with Crippen LogP contribution in [0.25, 0.3) is 0 Å². The van der Waals surface area contributed by atoms with Gasteiger partial charge in [-0.25, -0.2) is 8.42 Å². The van der Waals surface area contributed by atoms with E-state index in [9.17, 15) is 8.42 Å². The van der Waals surface area contributed by atoms with Gasteiger partial charge in [-0.1, -0.05) is 26.7 Å². The van der Waals surface area contributed by atoms with Crippen LogP contribution in [0.4, 0.5) is 0 Å². The summed E-state index contributed by atoms with van der Waals surface area (Å²) in [6.45, 7) is 6.97. The van der Waals surface area contributed by atoms with Gasteiger partial charge in [-0.05, 0) is 30.6 Å². The molecule has 0 amide bonds. The van der Waals surface area contributed by atoms with Crippen LogP contribution in [0.1, 0.15) is 40.0 Å². The SMILES string of the molecule is C#CCN(CC1CC1)S(=O)(=O)CCC(C)(C)C. The predicted octanol–water partition coefficient (Wildman–Crippen LogP) is 2.10. The minimum absolute atomic E-state index is 0.0362. The highest BCUT2D eigenvalue weighted by atomic mass is 32.2. The number of hydrogen-bond acceptors (Lipinski definition) is 2. The maximum absolute atomic E-state index is 12.2. The summed E-state index contributed by atoms with van der Waals surface area (Å²) in [5.74, 6) is 3.19. The van der Waals surface area contributed by atoms with Crippen LogP contribution in [-0.2, 0) is 10.0 Å². The third-order valence-corrected chi connectivity index (χ3v) is 4.71. The van der Waals surface area contributed by atoms with E-state index in [1.54, 1.807) is 0 Å². The molecule has 0 saturated heterocycles. The van der Waals surface area contributed by atoms with Gasteiger partial charge in [0.15, 0.2) is 0 Å². The average molecular weight is 257 g/mol. The number of terminal acetylenes is 1. The molecule has 0 bridgehead atoms. The number of hydrogen-bond donors (Lipinski definition) is 0. The molecule has 0 spiro atoms. The van der Waals surface area contributed by atoms with Gasteiger partial charge in [0.05, 0.1) is 12.3 Å². The molecule has 98 valence electrons. The smallest absolute Gasteiger partial charge is 0.212 e. The monoisotopic (exact) mass is 257 g/mol. The van der Waals surface area contributed by atoms with Crippen molar-refractivity contribution in [1.82, 2.24) is 4.31 Å². The Morgan fingerprint density at radius 3 is 2.35 bits per heavy atom. The zero-order chi connectivity index (χ0) is 13.1. The second-order valence-electron chi connectivity index (χ2n) is 6.07. The van der Waals surface area contributed by atoms with E-state index in [0.29, 0.717) is 18.9 Å². The van der Waals surface area contributed by atoms with E-state index in [1.807, 2.05) is 0 Å². The molecule has 0 radical (unpaired) electrons. The quantitative estimate of drug-likeness (QED) is 0.683. The molecule has 0 aromatic rings. The van der Waals surface area contributed by atoms with Crippen molar-refractivity contribution in [3.8, 4) is 12.3 Å². The van der Waals surface area contributed by atoms with Crippen molar-refractivity contribution in [3.63, 3.8) is 0 Å². The van der Waals surface area contributed by atoms with E-state index in [2.05, 4.69) is 26.7 Å². The molecule has 17 heavy (non-hydrogen) atoms. The average Bonchev–Trinajstić information content (AvgIpc) is 2.97. The maximum Gasteiger partial charge on any atom is 0.215 e. The zero-order valence-corrected chi connectivity index (χ0v) is 11.9. The van der Waals surface area contributed by atoms with E-state index in [1.165, 1.54) is 4.31 Å². The second kappa shape index (κ2) is 5.41. The summed E-state index contributed by atoms with van der Waals surface area (Å²) in [7, 11) is -3.18. The van der Waals surface area contributed by atoms with Crippen molar-refractivity contribution in [2.24, 2.45) is 11.3 Å². The van der Waals surface area contributed by atoms with Gasteiger partial charge in [-0.15, -0.1) is 6.42 Å². The molecule has 0 heterocycles. The molecule has 0 N–H and O–H groups in total. The fourth-order valence-electron chi connectivity index (χ4n) is 1.53. The van der Waals surface area contributed by atoms with Crippen molar-refractivity contribution in [2.45, 2.75) is 40.0 Å². The highest BCUT2D eigenvalue weighted by Crippen LogP contribution is 2.31.